The third-order valence-corrected chi connectivity index (χ3v) is 2.13. The number of nitrogens with two attached hydrogens (primary N) is 1. The van der Waals surface area contributed by atoms with E-state index < -0.39 is 4.92 Å². The second-order valence-electron chi connectivity index (χ2n) is 2.69. The van der Waals surface area contributed by atoms with Gasteiger partial charge in [-0.15, -0.1) is 0 Å². The van der Waals surface area contributed by atoms with E-state index in [4.69, 9.17) is 17.3 Å². The van der Waals surface area contributed by atoms with Crippen LogP contribution in [-0.2, 0) is 6.54 Å². The van der Waals surface area contributed by atoms with Crippen molar-refractivity contribution in [2.24, 2.45) is 5.73 Å². The smallest absolute Gasteiger partial charge is 0.272 e. The summed E-state index contributed by atoms with van der Waals surface area (Å²) in [6.07, 6.45) is 0. The molecule has 5 heteroatoms. The maximum Gasteiger partial charge on any atom is 0.272 e. The van der Waals surface area contributed by atoms with Crippen LogP contribution in [0.15, 0.2) is 12.1 Å². The normalized spacial score (nSPS) is 10.1. The van der Waals surface area contributed by atoms with Crippen LogP contribution in [0.3, 0.4) is 0 Å². The Morgan fingerprint density at radius 1 is 1.62 bits per heavy atom. The molecule has 1 rings (SSSR count). The molecule has 0 saturated carbocycles. The van der Waals surface area contributed by atoms with Gasteiger partial charge in [0.2, 0.25) is 0 Å². The van der Waals surface area contributed by atoms with Crippen molar-refractivity contribution < 1.29 is 4.92 Å². The monoisotopic (exact) mass is 200 g/mol. The highest BCUT2D eigenvalue weighted by Gasteiger charge is 2.13. The lowest BCUT2D eigenvalue weighted by Gasteiger charge is -2.02. The molecular formula is C8H9ClN2O2. The minimum Gasteiger partial charge on any atom is -0.326 e. The highest BCUT2D eigenvalue weighted by Crippen LogP contribution is 2.25. The van der Waals surface area contributed by atoms with Gasteiger partial charge in [-0.1, -0.05) is 11.6 Å². The number of aryl methyl sites for hydroxylation is 1. The minimum atomic E-state index is -0.440. The maximum absolute atomic E-state index is 10.5. The van der Waals surface area contributed by atoms with E-state index in [0.29, 0.717) is 16.1 Å². The molecule has 1 aromatic carbocycles. The summed E-state index contributed by atoms with van der Waals surface area (Å²) in [5, 5.41) is 11.0. The van der Waals surface area contributed by atoms with Gasteiger partial charge in [-0.25, -0.2) is 0 Å². The molecule has 0 saturated heterocycles. The second kappa shape index (κ2) is 3.72. The van der Waals surface area contributed by atoms with Crippen molar-refractivity contribution in [3.63, 3.8) is 0 Å². The van der Waals surface area contributed by atoms with Crippen molar-refractivity contribution in [3.05, 3.63) is 38.4 Å². The fourth-order valence-electron chi connectivity index (χ4n) is 1.06. The van der Waals surface area contributed by atoms with Gasteiger partial charge in [-0.05, 0) is 18.6 Å². The molecule has 0 atom stereocenters. The van der Waals surface area contributed by atoms with Gasteiger partial charge in [0.05, 0.1) is 4.92 Å². The molecule has 0 amide bonds. The first-order chi connectivity index (χ1) is 6.06. The molecule has 0 bridgehead atoms. The number of halogens is 1. The molecule has 0 aliphatic carbocycles. The van der Waals surface area contributed by atoms with Crippen LogP contribution >= 0.6 is 11.6 Å². The van der Waals surface area contributed by atoms with Crippen molar-refractivity contribution in [1.82, 2.24) is 0 Å². The lowest BCUT2D eigenvalue weighted by atomic mass is 10.1. The number of hydrogen-bond donors (Lipinski definition) is 1. The van der Waals surface area contributed by atoms with Crippen LogP contribution in [0.5, 0.6) is 0 Å². The van der Waals surface area contributed by atoms with Gasteiger partial charge in [0.1, 0.15) is 0 Å². The third-order valence-electron chi connectivity index (χ3n) is 1.78. The van der Waals surface area contributed by atoms with E-state index in [-0.39, 0.29) is 12.2 Å². The summed E-state index contributed by atoms with van der Waals surface area (Å²) >= 11 is 5.80. The average molecular weight is 201 g/mol. The van der Waals surface area contributed by atoms with Crippen molar-refractivity contribution in [2.75, 3.05) is 0 Å². The number of nitro benzene ring substituents is 1. The fraction of sp³-hybridized carbons (Fsp3) is 0.250. The first-order valence-electron chi connectivity index (χ1n) is 3.69. The Kier molecular flexibility index (Phi) is 2.85. The zero-order valence-electron chi connectivity index (χ0n) is 7.08. The number of nitro groups is 1. The van der Waals surface area contributed by atoms with E-state index in [0.717, 1.165) is 0 Å². The zero-order chi connectivity index (χ0) is 10.0. The molecule has 0 heterocycles. The van der Waals surface area contributed by atoms with E-state index in [1.54, 1.807) is 13.0 Å². The SMILES string of the molecule is Cc1cc(Cl)c(CN)cc1[N+](=O)[O-]. The fourth-order valence-corrected chi connectivity index (χ4v) is 1.35. The van der Waals surface area contributed by atoms with E-state index in [1.807, 2.05) is 0 Å². The second-order valence-corrected chi connectivity index (χ2v) is 3.10. The van der Waals surface area contributed by atoms with Crippen molar-refractivity contribution in [2.45, 2.75) is 13.5 Å². The highest BCUT2D eigenvalue weighted by atomic mass is 35.5. The number of nitrogens with zero attached hydrogens (tertiary/aromatic N) is 1. The Bertz CT molecular complexity index is 352. The van der Waals surface area contributed by atoms with E-state index in [9.17, 15) is 10.1 Å². The van der Waals surface area contributed by atoms with Gasteiger partial charge in [-0.3, -0.25) is 10.1 Å². The van der Waals surface area contributed by atoms with Crippen LogP contribution in [0.2, 0.25) is 5.02 Å². The van der Waals surface area contributed by atoms with Crippen LogP contribution in [-0.4, -0.2) is 4.92 Å². The molecule has 0 aromatic heterocycles. The van der Waals surface area contributed by atoms with E-state index in [2.05, 4.69) is 0 Å². The number of hydrogen-bond acceptors (Lipinski definition) is 3. The van der Waals surface area contributed by atoms with Crippen LogP contribution in [0, 0.1) is 17.0 Å². The van der Waals surface area contributed by atoms with Crippen molar-refractivity contribution in [1.29, 1.82) is 0 Å². The molecule has 0 unspecified atom stereocenters. The van der Waals surface area contributed by atoms with Crippen LogP contribution < -0.4 is 5.73 Å². The Morgan fingerprint density at radius 3 is 2.69 bits per heavy atom. The molecule has 4 nitrogen and oxygen atoms in total. The largest absolute Gasteiger partial charge is 0.326 e. The molecule has 0 radical (unpaired) electrons. The Balaban J connectivity index is 3.30. The summed E-state index contributed by atoms with van der Waals surface area (Å²) in [4.78, 5) is 10.1. The summed E-state index contributed by atoms with van der Waals surface area (Å²) in [5.74, 6) is 0. The lowest BCUT2D eigenvalue weighted by Crippen LogP contribution is -2.00. The van der Waals surface area contributed by atoms with E-state index >= 15 is 0 Å². The molecule has 70 valence electrons. The van der Waals surface area contributed by atoms with Gasteiger partial charge >= 0.3 is 0 Å². The molecule has 0 aliphatic rings. The van der Waals surface area contributed by atoms with Crippen molar-refractivity contribution >= 4 is 17.3 Å². The predicted molar refractivity (Wildman–Crippen MR) is 50.7 cm³/mol. The molecule has 0 spiro atoms. The maximum atomic E-state index is 10.5. The summed E-state index contributed by atoms with van der Waals surface area (Å²) < 4.78 is 0. The number of rotatable bonds is 2. The van der Waals surface area contributed by atoms with Gasteiger partial charge in [0.15, 0.2) is 0 Å². The first kappa shape index (κ1) is 9.95. The van der Waals surface area contributed by atoms with E-state index in [1.165, 1.54) is 6.07 Å². The van der Waals surface area contributed by atoms with Crippen LogP contribution in [0.4, 0.5) is 5.69 Å². The van der Waals surface area contributed by atoms with Gasteiger partial charge in [0, 0.05) is 23.2 Å². The van der Waals surface area contributed by atoms with Crippen LogP contribution in [0.1, 0.15) is 11.1 Å². The quantitative estimate of drug-likeness (QED) is 0.587. The highest BCUT2D eigenvalue weighted by molar-refractivity contribution is 6.31. The predicted octanol–water partition coefficient (Wildman–Crippen LogP) is 2.02. The Hall–Kier alpha value is -1.13. The topological polar surface area (TPSA) is 69.2 Å². The molecule has 1 aromatic rings. The molecular weight excluding hydrogens is 192 g/mol. The summed E-state index contributed by atoms with van der Waals surface area (Å²) in [7, 11) is 0. The minimum absolute atomic E-state index is 0.0600. The molecule has 2 N–H and O–H groups in total. The van der Waals surface area contributed by atoms with Crippen molar-refractivity contribution in [3.8, 4) is 0 Å². The van der Waals surface area contributed by atoms with Gasteiger partial charge in [0.25, 0.3) is 5.69 Å². The van der Waals surface area contributed by atoms with Gasteiger partial charge < -0.3 is 5.73 Å². The first-order valence-corrected chi connectivity index (χ1v) is 4.07. The lowest BCUT2D eigenvalue weighted by molar-refractivity contribution is -0.385. The summed E-state index contributed by atoms with van der Waals surface area (Å²) in [6, 6.07) is 2.97. The molecule has 0 fully saturated rings. The molecule has 0 aliphatic heterocycles. The Morgan fingerprint density at radius 2 is 2.23 bits per heavy atom. The summed E-state index contributed by atoms with van der Waals surface area (Å²) in [6.45, 7) is 1.85. The third kappa shape index (κ3) is 1.96. The van der Waals surface area contributed by atoms with Gasteiger partial charge in [-0.2, -0.15) is 0 Å². The van der Waals surface area contributed by atoms with Crippen LogP contribution in [0.25, 0.3) is 0 Å². The average Bonchev–Trinajstić information content (AvgIpc) is 2.03. The summed E-state index contributed by atoms with van der Waals surface area (Å²) in [5.41, 5.74) is 6.57. The Labute approximate surface area is 80.5 Å². The number of benzene rings is 1. The molecule has 13 heavy (non-hydrogen) atoms. The standard InChI is InChI=1S/C8H9ClN2O2/c1-5-2-7(9)6(4-10)3-8(5)11(12)13/h2-3H,4,10H2,1H3. The zero-order valence-corrected chi connectivity index (χ0v) is 7.84.